The molecule has 4 rings (SSSR count). The van der Waals surface area contributed by atoms with Crippen LogP contribution in [0.5, 0.6) is 0 Å². The van der Waals surface area contributed by atoms with Crippen LogP contribution in [0.3, 0.4) is 0 Å². The fourth-order valence-electron chi connectivity index (χ4n) is 2.98. The maximum absolute atomic E-state index is 12.7. The molecule has 0 fully saturated rings. The zero-order valence-corrected chi connectivity index (χ0v) is 18.0. The van der Waals surface area contributed by atoms with Crippen molar-refractivity contribution in [1.82, 2.24) is 10.1 Å². The van der Waals surface area contributed by atoms with E-state index in [-0.39, 0.29) is 12.0 Å². The Balaban J connectivity index is 1.49. The lowest BCUT2D eigenvalue weighted by Crippen LogP contribution is -2.16. The highest BCUT2D eigenvalue weighted by atomic mass is 32.2. The molecule has 0 bridgehead atoms. The molecule has 2 aromatic carbocycles. The fraction of sp³-hybridized carbons (Fsp3) is 0.143. The smallest absolute Gasteiger partial charge is 0.339 e. The molecule has 6 nitrogen and oxygen atoms in total. The third kappa shape index (κ3) is 5.35. The third-order valence-corrected chi connectivity index (χ3v) is 6.58. The molecule has 0 amide bonds. The van der Waals surface area contributed by atoms with Gasteiger partial charge < -0.3 is 4.52 Å². The summed E-state index contributed by atoms with van der Waals surface area (Å²) in [6.07, 6.45) is -4.27. The van der Waals surface area contributed by atoms with E-state index in [1.165, 1.54) is 11.3 Å². The Morgan fingerprint density at radius 3 is 2.44 bits per heavy atom. The lowest BCUT2D eigenvalue weighted by molar-refractivity contribution is -0.137. The molecule has 0 atom stereocenters. The first-order valence-corrected chi connectivity index (χ1v) is 11.8. The Kier molecular flexibility index (Phi) is 6.02. The van der Waals surface area contributed by atoms with E-state index in [1.807, 2.05) is 17.5 Å². The number of halogens is 3. The van der Waals surface area contributed by atoms with Crippen molar-refractivity contribution in [3.05, 3.63) is 88.6 Å². The number of para-hydroxylation sites is 1. The van der Waals surface area contributed by atoms with Crippen molar-refractivity contribution < 1.29 is 26.1 Å². The number of aromatic nitrogens is 2. The van der Waals surface area contributed by atoms with Gasteiger partial charge in [-0.3, -0.25) is 4.72 Å². The molecule has 11 heteroatoms. The van der Waals surface area contributed by atoms with Crippen molar-refractivity contribution >= 4 is 27.0 Å². The second kappa shape index (κ2) is 8.75. The van der Waals surface area contributed by atoms with Gasteiger partial charge in [-0.1, -0.05) is 41.6 Å². The minimum atomic E-state index is -4.48. The average molecular weight is 480 g/mol. The molecule has 0 saturated heterocycles. The summed E-state index contributed by atoms with van der Waals surface area (Å²) < 4.78 is 71.2. The highest BCUT2D eigenvalue weighted by Gasteiger charge is 2.30. The van der Waals surface area contributed by atoms with E-state index < -0.39 is 27.5 Å². The predicted molar refractivity (Wildman–Crippen MR) is 115 cm³/mol. The molecule has 0 radical (unpaired) electrons. The van der Waals surface area contributed by atoms with Gasteiger partial charge in [0, 0.05) is 0 Å². The summed E-state index contributed by atoms with van der Waals surface area (Å²) in [4.78, 5) is 5.20. The fourth-order valence-corrected chi connectivity index (χ4v) is 4.87. The number of alkyl halides is 3. The van der Waals surface area contributed by atoms with Gasteiger partial charge in [0.1, 0.15) is 0 Å². The molecule has 4 aromatic rings. The van der Waals surface area contributed by atoms with Crippen LogP contribution in [0.4, 0.5) is 18.9 Å². The minimum Gasteiger partial charge on any atom is -0.339 e. The van der Waals surface area contributed by atoms with E-state index >= 15 is 0 Å². The van der Waals surface area contributed by atoms with Crippen LogP contribution in [0.15, 0.2) is 70.6 Å². The molecule has 166 valence electrons. The van der Waals surface area contributed by atoms with Gasteiger partial charge in [0.05, 0.1) is 28.3 Å². The van der Waals surface area contributed by atoms with Gasteiger partial charge in [0.2, 0.25) is 21.7 Å². The van der Waals surface area contributed by atoms with Crippen LogP contribution in [0.25, 0.3) is 10.7 Å². The third-order valence-electron chi connectivity index (χ3n) is 4.47. The van der Waals surface area contributed by atoms with Gasteiger partial charge in [-0.2, -0.15) is 18.2 Å². The highest BCUT2D eigenvalue weighted by Crippen LogP contribution is 2.29. The Hall–Kier alpha value is -3.18. The Morgan fingerprint density at radius 2 is 1.75 bits per heavy atom. The van der Waals surface area contributed by atoms with Crippen molar-refractivity contribution in [2.45, 2.75) is 18.3 Å². The Bertz CT molecular complexity index is 1300. The van der Waals surface area contributed by atoms with Gasteiger partial charge in [-0.05, 0) is 40.8 Å². The lowest BCUT2D eigenvalue weighted by Gasteiger charge is -2.12. The number of hydrogen-bond donors (Lipinski definition) is 1. The Labute approximate surface area is 185 Å². The number of nitrogens with zero attached hydrogens (tertiary/aromatic N) is 2. The molecular weight excluding hydrogens is 463 g/mol. The number of sulfonamides is 1. The van der Waals surface area contributed by atoms with Crippen molar-refractivity contribution in [2.24, 2.45) is 0 Å². The van der Waals surface area contributed by atoms with E-state index in [0.717, 1.165) is 29.1 Å². The van der Waals surface area contributed by atoms with Crippen molar-refractivity contribution in [2.75, 3.05) is 4.72 Å². The molecule has 32 heavy (non-hydrogen) atoms. The summed E-state index contributed by atoms with van der Waals surface area (Å²) >= 11 is 1.47. The predicted octanol–water partition coefficient (Wildman–Crippen LogP) is 5.35. The summed E-state index contributed by atoms with van der Waals surface area (Å²) in [7, 11) is -3.88. The van der Waals surface area contributed by atoms with Crippen LogP contribution in [0.2, 0.25) is 0 Å². The summed E-state index contributed by atoms with van der Waals surface area (Å²) in [6.45, 7) is 0. The monoisotopic (exact) mass is 479 g/mol. The van der Waals surface area contributed by atoms with Crippen molar-refractivity contribution in [3.8, 4) is 10.7 Å². The summed E-state index contributed by atoms with van der Waals surface area (Å²) in [6, 6.07) is 14.5. The molecule has 0 spiro atoms. The topological polar surface area (TPSA) is 85.1 Å². The van der Waals surface area contributed by atoms with E-state index in [0.29, 0.717) is 23.0 Å². The lowest BCUT2D eigenvalue weighted by atomic mass is 10.1. The number of thiophene rings is 1. The number of nitrogens with one attached hydrogen (secondary N) is 1. The largest absolute Gasteiger partial charge is 0.416 e. The van der Waals surface area contributed by atoms with Crippen LogP contribution < -0.4 is 4.72 Å². The molecular formula is C21H16F3N3O3S2. The molecule has 0 aliphatic rings. The molecule has 0 aliphatic heterocycles. The first-order chi connectivity index (χ1) is 15.2. The second-order valence-electron chi connectivity index (χ2n) is 6.88. The van der Waals surface area contributed by atoms with Crippen molar-refractivity contribution in [3.63, 3.8) is 0 Å². The van der Waals surface area contributed by atoms with E-state index in [1.54, 1.807) is 24.3 Å². The van der Waals surface area contributed by atoms with Gasteiger partial charge in [0.15, 0.2) is 0 Å². The second-order valence-corrected chi connectivity index (χ2v) is 9.55. The number of rotatable bonds is 7. The summed E-state index contributed by atoms with van der Waals surface area (Å²) in [5.74, 6) is 0.306. The number of hydrogen-bond acceptors (Lipinski definition) is 6. The zero-order valence-electron chi connectivity index (χ0n) is 16.3. The first-order valence-electron chi connectivity index (χ1n) is 9.31. The summed E-state index contributed by atoms with van der Waals surface area (Å²) in [5, 5.41) is 5.84. The van der Waals surface area contributed by atoms with Crippen LogP contribution in [0, 0.1) is 0 Å². The quantitative estimate of drug-likeness (QED) is 0.386. The van der Waals surface area contributed by atoms with Crippen LogP contribution in [-0.4, -0.2) is 18.6 Å². The van der Waals surface area contributed by atoms with Gasteiger partial charge >= 0.3 is 6.18 Å². The Morgan fingerprint density at radius 1 is 1.00 bits per heavy atom. The van der Waals surface area contributed by atoms with E-state index in [2.05, 4.69) is 14.9 Å². The minimum absolute atomic E-state index is 0.206. The highest BCUT2D eigenvalue weighted by molar-refractivity contribution is 7.91. The van der Waals surface area contributed by atoms with Gasteiger partial charge in [-0.15, -0.1) is 11.3 Å². The zero-order chi connectivity index (χ0) is 22.8. The summed E-state index contributed by atoms with van der Waals surface area (Å²) in [5.41, 5.74) is 0.346. The van der Waals surface area contributed by atoms with E-state index in [4.69, 9.17) is 4.52 Å². The molecule has 2 aromatic heterocycles. The first kappa shape index (κ1) is 22.0. The van der Waals surface area contributed by atoms with Crippen LogP contribution in [-0.2, 0) is 28.4 Å². The van der Waals surface area contributed by atoms with Gasteiger partial charge in [0.25, 0.3) is 0 Å². The molecule has 2 heterocycles. The maximum Gasteiger partial charge on any atom is 0.416 e. The molecule has 0 saturated carbocycles. The molecule has 0 unspecified atom stereocenters. The normalized spacial score (nSPS) is 12.1. The van der Waals surface area contributed by atoms with Crippen LogP contribution in [0.1, 0.15) is 22.6 Å². The van der Waals surface area contributed by atoms with Crippen LogP contribution >= 0.6 is 11.3 Å². The maximum atomic E-state index is 12.7. The average Bonchev–Trinajstić information content (AvgIpc) is 3.40. The van der Waals surface area contributed by atoms with E-state index in [9.17, 15) is 21.6 Å². The number of anilines is 1. The molecule has 0 aliphatic carbocycles. The standard InChI is InChI=1S/C21H16F3N3O3S2/c22-21(23,24)16-9-7-14(8-10-16)13-32(28,29)27-17-5-2-1-4-15(17)12-19-25-20(26-30-19)18-6-3-11-31-18/h1-11,27H,12-13H2. The SMILES string of the molecule is O=S(=O)(Cc1ccc(C(F)(F)F)cc1)Nc1ccccc1Cc1nc(-c2cccs2)no1. The van der Waals surface area contributed by atoms with Crippen molar-refractivity contribution in [1.29, 1.82) is 0 Å². The van der Waals surface area contributed by atoms with Gasteiger partial charge in [-0.25, -0.2) is 8.42 Å². The molecule has 1 N–H and O–H groups in total. The number of benzene rings is 2.